The smallest absolute Gasteiger partial charge is 0.258 e. The first-order chi connectivity index (χ1) is 12.8. The number of halogens is 2. The highest BCUT2D eigenvalue weighted by molar-refractivity contribution is 7.80. The third-order valence-electron chi connectivity index (χ3n) is 3.78. The van der Waals surface area contributed by atoms with Crippen LogP contribution in [0.15, 0.2) is 42.5 Å². The molecular weight excluding hydrogens is 405 g/mol. The molecule has 1 atom stereocenters. The number of amides is 2. The molecule has 0 aliphatic carbocycles. The number of thiocarbonyl (C=S) groups is 1. The Balaban J connectivity index is 2.02. The zero-order valence-corrected chi connectivity index (χ0v) is 17.1. The van der Waals surface area contributed by atoms with E-state index in [1.807, 2.05) is 13.8 Å². The predicted molar refractivity (Wildman–Crippen MR) is 114 cm³/mol. The van der Waals surface area contributed by atoms with Crippen molar-refractivity contribution in [1.29, 1.82) is 0 Å². The van der Waals surface area contributed by atoms with Crippen molar-refractivity contribution >= 4 is 58.0 Å². The van der Waals surface area contributed by atoms with Gasteiger partial charge in [0.1, 0.15) is 0 Å². The molecule has 0 aromatic heterocycles. The average molecular weight is 424 g/mol. The van der Waals surface area contributed by atoms with Gasteiger partial charge in [0.25, 0.3) is 11.8 Å². The van der Waals surface area contributed by atoms with Crippen molar-refractivity contribution in [3.05, 3.63) is 63.6 Å². The van der Waals surface area contributed by atoms with Gasteiger partial charge in [0, 0.05) is 22.3 Å². The van der Waals surface area contributed by atoms with Gasteiger partial charge in [0.05, 0.1) is 10.6 Å². The summed E-state index contributed by atoms with van der Waals surface area (Å²) in [6.07, 6.45) is 0.840. The minimum atomic E-state index is -0.458. The lowest BCUT2D eigenvalue weighted by Gasteiger charge is -2.13. The van der Waals surface area contributed by atoms with Crippen LogP contribution in [-0.2, 0) is 0 Å². The average Bonchev–Trinajstić information content (AvgIpc) is 2.61. The monoisotopic (exact) mass is 423 g/mol. The lowest BCUT2D eigenvalue weighted by atomic mass is 10.1. The van der Waals surface area contributed by atoms with Crippen molar-refractivity contribution in [1.82, 2.24) is 10.6 Å². The second-order valence-corrected chi connectivity index (χ2v) is 7.15. The molecule has 0 heterocycles. The predicted octanol–water partition coefficient (Wildman–Crippen LogP) is 4.65. The largest absolute Gasteiger partial charge is 0.350 e. The third kappa shape index (κ3) is 6.20. The zero-order chi connectivity index (χ0) is 20.0. The van der Waals surface area contributed by atoms with Crippen LogP contribution < -0.4 is 16.0 Å². The molecule has 0 spiro atoms. The maximum atomic E-state index is 12.3. The Morgan fingerprint density at radius 2 is 1.85 bits per heavy atom. The lowest BCUT2D eigenvalue weighted by Crippen LogP contribution is -2.34. The molecule has 3 N–H and O–H groups in total. The fourth-order valence-corrected chi connectivity index (χ4v) is 2.86. The summed E-state index contributed by atoms with van der Waals surface area (Å²) < 4.78 is 0. The summed E-state index contributed by atoms with van der Waals surface area (Å²) in [6.45, 7) is 3.93. The van der Waals surface area contributed by atoms with Crippen molar-refractivity contribution in [2.45, 2.75) is 26.3 Å². The summed E-state index contributed by atoms with van der Waals surface area (Å²) >= 11 is 17.0. The first kappa shape index (κ1) is 21.2. The van der Waals surface area contributed by atoms with Crippen LogP contribution in [0.2, 0.25) is 10.0 Å². The maximum absolute atomic E-state index is 12.3. The molecule has 1 unspecified atom stereocenters. The molecule has 2 aromatic carbocycles. The Kier molecular flexibility index (Phi) is 7.59. The Labute approximate surface area is 173 Å². The molecule has 2 amide bonds. The number of hydrogen-bond donors (Lipinski definition) is 3. The van der Waals surface area contributed by atoms with E-state index in [0.717, 1.165) is 6.42 Å². The second kappa shape index (κ2) is 9.69. The van der Waals surface area contributed by atoms with E-state index in [9.17, 15) is 9.59 Å². The molecule has 0 saturated carbocycles. The molecular formula is C19H19Cl2N3O2S. The van der Waals surface area contributed by atoms with Gasteiger partial charge >= 0.3 is 0 Å². The van der Waals surface area contributed by atoms with Gasteiger partial charge < -0.3 is 10.6 Å². The van der Waals surface area contributed by atoms with Gasteiger partial charge in [0.2, 0.25) is 0 Å². The molecule has 0 fully saturated rings. The molecule has 8 heteroatoms. The molecule has 2 aromatic rings. The zero-order valence-electron chi connectivity index (χ0n) is 14.8. The number of benzene rings is 2. The molecule has 0 bridgehead atoms. The van der Waals surface area contributed by atoms with Crippen LogP contribution in [0, 0.1) is 0 Å². The first-order valence-corrected chi connectivity index (χ1v) is 9.45. The number of anilines is 1. The van der Waals surface area contributed by atoms with Crippen LogP contribution in [0.3, 0.4) is 0 Å². The highest BCUT2D eigenvalue weighted by atomic mass is 35.5. The number of carbonyl (C=O) groups excluding carboxylic acids is 2. The molecule has 142 valence electrons. The number of carbonyl (C=O) groups is 2. The van der Waals surface area contributed by atoms with Gasteiger partial charge in [-0.15, -0.1) is 0 Å². The molecule has 0 saturated heterocycles. The van der Waals surface area contributed by atoms with Gasteiger partial charge in [-0.3, -0.25) is 14.9 Å². The second-order valence-electron chi connectivity index (χ2n) is 5.90. The van der Waals surface area contributed by atoms with Crippen molar-refractivity contribution < 1.29 is 9.59 Å². The third-order valence-corrected chi connectivity index (χ3v) is 4.53. The van der Waals surface area contributed by atoms with E-state index in [4.69, 9.17) is 35.4 Å². The topological polar surface area (TPSA) is 70.2 Å². The van der Waals surface area contributed by atoms with Gasteiger partial charge in [-0.2, -0.15) is 0 Å². The van der Waals surface area contributed by atoms with E-state index in [0.29, 0.717) is 16.3 Å². The molecule has 0 aliphatic heterocycles. The highest BCUT2D eigenvalue weighted by Gasteiger charge is 2.13. The van der Waals surface area contributed by atoms with E-state index < -0.39 is 5.91 Å². The van der Waals surface area contributed by atoms with Crippen LogP contribution in [0.1, 0.15) is 41.0 Å². The Morgan fingerprint density at radius 1 is 1.11 bits per heavy atom. The number of rotatable bonds is 5. The summed E-state index contributed by atoms with van der Waals surface area (Å²) in [5, 5.41) is 9.08. The maximum Gasteiger partial charge on any atom is 0.258 e. The SMILES string of the molecule is CCC(C)NC(=O)c1cccc(NC(=S)NC(=O)c2ccc(Cl)cc2Cl)c1. The minimum Gasteiger partial charge on any atom is -0.350 e. The van der Waals surface area contributed by atoms with Crippen molar-refractivity contribution in [3.8, 4) is 0 Å². The normalized spacial score (nSPS) is 11.4. The van der Waals surface area contributed by atoms with Crippen LogP contribution in [0.5, 0.6) is 0 Å². The molecule has 2 rings (SSSR count). The highest BCUT2D eigenvalue weighted by Crippen LogP contribution is 2.21. The Hall–Kier alpha value is -2.15. The fraction of sp³-hybridized carbons (Fsp3) is 0.211. The minimum absolute atomic E-state index is 0.0820. The Bertz CT molecular complexity index is 874. The summed E-state index contributed by atoms with van der Waals surface area (Å²) in [5.41, 5.74) is 1.33. The summed E-state index contributed by atoms with van der Waals surface area (Å²) in [7, 11) is 0. The van der Waals surface area contributed by atoms with Crippen molar-refractivity contribution in [3.63, 3.8) is 0 Å². The van der Waals surface area contributed by atoms with Gasteiger partial charge in [-0.05, 0) is 62.0 Å². The molecule has 0 aliphatic rings. The summed E-state index contributed by atoms with van der Waals surface area (Å²) in [5.74, 6) is -0.629. The Morgan fingerprint density at radius 3 is 2.52 bits per heavy atom. The lowest BCUT2D eigenvalue weighted by molar-refractivity contribution is 0.0937. The summed E-state index contributed by atoms with van der Waals surface area (Å²) in [4.78, 5) is 24.5. The van der Waals surface area contributed by atoms with E-state index in [-0.39, 0.29) is 27.6 Å². The van der Waals surface area contributed by atoms with Gasteiger partial charge in [-0.25, -0.2) is 0 Å². The van der Waals surface area contributed by atoms with Crippen LogP contribution >= 0.6 is 35.4 Å². The van der Waals surface area contributed by atoms with E-state index in [1.54, 1.807) is 30.3 Å². The van der Waals surface area contributed by atoms with E-state index >= 15 is 0 Å². The number of hydrogen-bond acceptors (Lipinski definition) is 3. The fourth-order valence-electron chi connectivity index (χ4n) is 2.15. The number of nitrogens with one attached hydrogen (secondary N) is 3. The standard InChI is InChI=1S/C19H19Cl2N3O2S/c1-3-11(2)22-17(25)12-5-4-6-14(9-12)23-19(27)24-18(26)15-8-7-13(20)10-16(15)21/h4-11H,3H2,1-2H3,(H,22,25)(H2,23,24,26,27). The first-order valence-electron chi connectivity index (χ1n) is 8.28. The van der Waals surface area contributed by atoms with Crippen molar-refractivity contribution in [2.24, 2.45) is 0 Å². The van der Waals surface area contributed by atoms with E-state index in [2.05, 4.69) is 16.0 Å². The molecule has 27 heavy (non-hydrogen) atoms. The van der Waals surface area contributed by atoms with Gasteiger partial charge in [0.15, 0.2) is 5.11 Å². The van der Waals surface area contributed by atoms with Crippen LogP contribution in [0.4, 0.5) is 5.69 Å². The van der Waals surface area contributed by atoms with Crippen LogP contribution in [-0.4, -0.2) is 23.0 Å². The van der Waals surface area contributed by atoms with E-state index in [1.165, 1.54) is 12.1 Å². The molecule has 5 nitrogen and oxygen atoms in total. The molecule has 0 radical (unpaired) electrons. The van der Waals surface area contributed by atoms with Gasteiger partial charge in [-0.1, -0.05) is 36.2 Å². The summed E-state index contributed by atoms with van der Waals surface area (Å²) in [6, 6.07) is 11.5. The van der Waals surface area contributed by atoms with Crippen LogP contribution in [0.25, 0.3) is 0 Å². The van der Waals surface area contributed by atoms with Crippen molar-refractivity contribution in [2.75, 3.05) is 5.32 Å². The quantitative estimate of drug-likeness (QED) is 0.612.